The van der Waals surface area contributed by atoms with Gasteiger partial charge in [0.15, 0.2) is 5.17 Å². The van der Waals surface area contributed by atoms with Crippen LogP contribution in [0.5, 0.6) is 0 Å². The van der Waals surface area contributed by atoms with Crippen LogP contribution in [-0.4, -0.2) is 33.3 Å². The summed E-state index contributed by atoms with van der Waals surface area (Å²) in [6.45, 7) is 7.19. The van der Waals surface area contributed by atoms with E-state index in [0.29, 0.717) is 21.5 Å². The molecule has 0 spiro atoms. The Hall–Kier alpha value is -1.79. The molecule has 0 bridgehead atoms. The molecule has 3 rings (SSSR count). The Labute approximate surface area is 156 Å². The zero-order valence-corrected chi connectivity index (χ0v) is 16.0. The summed E-state index contributed by atoms with van der Waals surface area (Å²) in [5, 5.41) is 0.915. The number of aliphatic imine (C=N–C) groups is 1. The standard InChI is InChI=1S/C18H19ClN2O3S/c1-9(2)24-17(23)14-10(3)20-18-21(16(22)11(4)25-18)15(14)12-6-5-7-13(19)8-12/h5-9,11,15H,1-4H3/t11-,15-/m1/s1. The fourth-order valence-electron chi connectivity index (χ4n) is 2.93. The van der Waals surface area contributed by atoms with E-state index in [9.17, 15) is 9.59 Å². The fraction of sp³-hybridized carbons (Fsp3) is 0.389. The van der Waals surface area contributed by atoms with Crippen LogP contribution in [0.25, 0.3) is 0 Å². The van der Waals surface area contributed by atoms with Gasteiger partial charge in [-0.3, -0.25) is 9.69 Å². The third kappa shape index (κ3) is 3.33. The summed E-state index contributed by atoms with van der Waals surface area (Å²) in [4.78, 5) is 31.5. The highest BCUT2D eigenvalue weighted by atomic mass is 35.5. The highest BCUT2D eigenvalue weighted by Gasteiger charge is 2.46. The van der Waals surface area contributed by atoms with Crippen molar-refractivity contribution in [2.24, 2.45) is 4.99 Å². The van der Waals surface area contributed by atoms with Gasteiger partial charge in [-0.1, -0.05) is 35.5 Å². The molecule has 2 atom stereocenters. The molecule has 132 valence electrons. The van der Waals surface area contributed by atoms with Crippen LogP contribution in [0.15, 0.2) is 40.5 Å². The van der Waals surface area contributed by atoms with E-state index in [1.807, 2.05) is 13.0 Å². The summed E-state index contributed by atoms with van der Waals surface area (Å²) in [7, 11) is 0. The molecular formula is C18H19ClN2O3S. The Bertz CT molecular complexity index is 803. The number of benzene rings is 1. The number of ether oxygens (including phenoxy) is 1. The minimum atomic E-state index is -0.581. The van der Waals surface area contributed by atoms with E-state index in [4.69, 9.17) is 16.3 Å². The van der Waals surface area contributed by atoms with Crippen LogP contribution >= 0.6 is 23.4 Å². The van der Waals surface area contributed by atoms with Crippen molar-refractivity contribution < 1.29 is 14.3 Å². The topological polar surface area (TPSA) is 59.0 Å². The smallest absolute Gasteiger partial charge is 0.338 e. The molecule has 0 aliphatic carbocycles. The van der Waals surface area contributed by atoms with Gasteiger partial charge in [0.1, 0.15) is 0 Å². The molecular weight excluding hydrogens is 360 g/mol. The van der Waals surface area contributed by atoms with Gasteiger partial charge in [0, 0.05) is 5.02 Å². The van der Waals surface area contributed by atoms with Crippen LogP contribution in [0.2, 0.25) is 5.02 Å². The second-order valence-electron chi connectivity index (χ2n) is 6.27. The molecule has 1 fully saturated rings. The second kappa shape index (κ2) is 6.84. The number of rotatable bonds is 3. The van der Waals surface area contributed by atoms with Crippen molar-refractivity contribution in [3.05, 3.63) is 46.1 Å². The Morgan fingerprint density at radius 1 is 1.40 bits per heavy atom. The predicted octanol–water partition coefficient (Wildman–Crippen LogP) is 3.94. The van der Waals surface area contributed by atoms with Gasteiger partial charge in [-0.15, -0.1) is 0 Å². The SMILES string of the molecule is CC1=C(C(=O)OC(C)C)[C@@H](c2cccc(Cl)c2)N2C(=O)[C@@H](C)SC2=N1. The highest BCUT2D eigenvalue weighted by molar-refractivity contribution is 8.15. The third-order valence-electron chi connectivity index (χ3n) is 3.99. The van der Waals surface area contributed by atoms with E-state index < -0.39 is 12.0 Å². The molecule has 2 heterocycles. The Kier molecular flexibility index (Phi) is 4.93. The van der Waals surface area contributed by atoms with Gasteiger partial charge in [0.05, 0.1) is 28.7 Å². The Morgan fingerprint density at radius 3 is 2.76 bits per heavy atom. The van der Waals surface area contributed by atoms with Crippen molar-refractivity contribution in [1.29, 1.82) is 0 Å². The number of amidine groups is 1. The highest BCUT2D eigenvalue weighted by Crippen LogP contribution is 2.43. The summed E-state index contributed by atoms with van der Waals surface area (Å²) < 4.78 is 5.41. The van der Waals surface area contributed by atoms with E-state index in [0.717, 1.165) is 5.56 Å². The van der Waals surface area contributed by atoms with Crippen LogP contribution in [0.4, 0.5) is 0 Å². The van der Waals surface area contributed by atoms with Crippen LogP contribution in [0, 0.1) is 0 Å². The minimum absolute atomic E-state index is 0.0731. The van der Waals surface area contributed by atoms with E-state index in [1.165, 1.54) is 11.8 Å². The van der Waals surface area contributed by atoms with Crippen LogP contribution in [0.1, 0.15) is 39.3 Å². The lowest BCUT2D eigenvalue weighted by atomic mass is 9.94. The molecule has 7 heteroatoms. The molecule has 0 aromatic heterocycles. The molecule has 0 radical (unpaired) electrons. The molecule has 1 saturated heterocycles. The number of hydrogen-bond acceptors (Lipinski definition) is 5. The summed E-state index contributed by atoms with van der Waals surface area (Å²) in [5.41, 5.74) is 1.71. The first-order valence-electron chi connectivity index (χ1n) is 8.05. The first-order chi connectivity index (χ1) is 11.8. The van der Waals surface area contributed by atoms with Crippen molar-refractivity contribution in [2.45, 2.75) is 45.1 Å². The lowest BCUT2D eigenvalue weighted by molar-refractivity contribution is -0.143. The van der Waals surface area contributed by atoms with Gasteiger partial charge in [0.2, 0.25) is 5.91 Å². The monoisotopic (exact) mass is 378 g/mol. The van der Waals surface area contributed by atoms with E-state index in [-0.39, 0.29) is 17.3 Å². The van der Waals surface area contributed by atoms with Gasteiger partial charge >= 0.3 is 5.97 Å². The minimum Gasteiger partial charge on any atom is -0.459 e. The molecule has 2 aliphatic rings. The van der Waals surface area contributed by atoms with Crippen LogP contribution < -0.4 is 0 Å². The average Bonchev–Trinajstić information content (AvgIpc) is 2.79. The molecule has 5 nitrogen and oxygen atoms in total. The first-order valence-corrected chi connectivity index (χ1v) is 9.31. The normalized spacial score (nSPS) is 23.0. The van der Waals surface area contributed by atoms with E-state index in [2.05, 4.69) is 4.99 Å². The maximum Gasteiger partial charge on any atom is 0.338 e. The number of allylic oxidation sites excluding steroid dienone is 1. The fourth-order valence-corrected chi connectivity index (χ4v) is 4.16. The largest absolute Gasteiger partial charge is 0.459 e. The summed E-state index contributed by atoms with van der Waals surface area (Å²) in [5.74, 6) is -0.534. The Morgan fingerprint density at radius 2 is 2.12 bits per heavy atom. The number of halogens is 1. The number of carbonyl (C=O) groups is 2. The second-order valence-corrected chi connectivity index (χ2v) is 8.02. The first kappa shape index (κ1) is 18.0. The summed E-state index contributed by atoms with van der Waals surface area (Å²) in [6, 6.07) is 6.61. The number of esters is 1. The maximum atomic E-state index is 12.7. The van der Waals surface area contributed by atoms with Gasteiger partial charge in [0.25, 0.3) is 0 Å². The third-order valence-corrected chi connectivity index (χ3v) is 5.27. The molecule has 0 N–H and O–H groups in total. The van der Waals surface area contributed by atoms with Crippen LogP contribution in [-0.2, 0) is 14.3 Å². The molecule has 2 aliphatic heterocycles. The average molecular weight is 379 g/mol. The van der Waals surface area contributed by atoms with Gasteiger partial charge in [-0.2, -0.15) is 0 Å². The molecule has 0 unspecified atom stereocenters. The number of carbonyl (C=O) groups excluding carboxylic acids is 2. The summed E-state index contributed by atoms with van der Waals surface area (Å²) >= 11 is 7.55. The quantitative estimate of drug-likeness (QED) is 0.747. The lowest BCUT2D eigenvalue weighted by Gasteiger charge is -2.33. The Balaban J connectivity index is 2.14. The molecule has 1 aromatic rings. The van der Waals surface area contributed by atoms with Crippen molar-refractivity contribution in [3.63, 3.8) is 0 Å². The lowest BCUT2D eigenvalue weighted by Crippen LogP contribution is -2.40. The summed E-state index contributed by atoms with van der Waals surface area (Å²) in [6.07, 6.45) is -0.263. The number of nitrogens with zero attached hydrogens (tertiary/aromatic N) is 2. The molecule has 1 aromatic carbocycles. The van der Waals surface area contributed by atoms with E-state index in [1.54, 1.807) is 43.9 Å². The zero-order valence-electron chi connectivity index (χ0n) is 14.4. The van der Waals surface area contributed by atoms with Crippen molar-refractivity contribution in [3.8, 4) is 0 Å². The number of fused-ring (bicyclic) bond motifs is 1. The molecule has 0 saturated carbocycles. The van der Waals surface area contributed by atoms with Crippen molar-refractivity contribution in [1.82, 2.24) is 4.90 Å². The van der Waals surface area contributed by atoms with Gasteiger partial charge in [-0.25, -0.2) is 9.79 Å². The van der Waals surface area contributed by atoms with E-state index >= 15 is 0 Å². The number of thioether (sulfide) groups is 1. The number of amides is 1. The molecule has 1 amide bonds. The molecule has 25 heavy (non-hydrogen) atoms. The van der Waals surface area contributed by atoms with Crippen molar-refractivity contribution >= 4 is 40.4 Å². The predicted molar refractivity (Wildman–Crippen MR) is 99.5 cm³/mol. The number of hydrogen-bond donors (Lipinski definition) is 0. The maximum absolute atomic E-state index is 12.7. The van der Waals surface area contributed by atoms with Gasteiger partial charge in [-0.05, 0) is 45.4 Å². The van der Waals surface area contributed by atoms with Gasteiger partial charge < -0.3 is 4.74 Å². The van der Waals surface area contributed by atoms with Crippen LogP contribution in [0.3, 0.4) is 0 Å². The zero-order chi connectivity index (χ0) is 18.3. The van der Waals surface area contributed by atoms with Crippen molar-refractivity contribution in [2.75, 3.05) is 0 Å².